The van der Waals surface area contributed by atoms with E-state index in [4.69, 9.17) is 18.9 Å². The molecule has 4 aliphatic heterocycles. The molecule has 12 bridgehead atoms. The third kappa shape index (κ3) is 7.88. The molecule has 4 aliphatic rings. The van der Waals surface area contributed by atoms with Gasteiger partial charge in [-0.05, 0) is 128 Å². The van der Waals surface area contributed by atoms with Crippen LogP contribution in [-0.2, 0) is 22.6 Å². The van der Waals surface area contributed by atoms with E-state index in [1.165, 1.54) is 0 Å². The molecule has 0 unspecified atom stereocenters. The molecule has 0 spiro atoms. The zero-order valence-corrected chi connectivity index (χ0v) is 30.3. The number of rotatable bonds is 0. The summed E-state index contributed by atoms with van der Waals surface area (Å²) in [4.78, 5) is 0. The quantitative estimate of drug-likeness (QED) is 0.151. The highest BCUT2D eigenvalue weighted by atomic mass is 127. The summed E-state index contributed by atoms with van der Waals surface area (Å²) < 4.78 is 28.9. The number of benzene rings is 4. The smallest absolute Gasteiger partial charge is 0.127 e. The Hall–Kier alpha value is -3.86. The summed E-state index contributed by atoms with van der Waals surface area (Å²) in [6.45, 7) is 4.03. The molecule has 4 aromatic carbocycles. The van der Waals surface area contributed by atoms with E-state index in [2.05, 4.69) is 114 Å². The van der Waals surface area contributed by atoms with Crippen LogP contribution in [0.15, 0.2) is 97.1 Å². The predicted octanol–water partition coefficient (Wildman–Crippen LogP) is 6.98. The summed E-state index contributed by atoms with van der Waals surface area (Å²) in [7, 11) is 0. The number of ether oxygens (including phenoxy) is 4. The zero-order valence-electron chi connectivity index (χ0n) is 26.0. The molecule has 0 N–H and O–H groups in total. The third-order valence-corrected chi connectivity index (χ3v) is 9.96. The number of aromatic nitrogens is 6. The van der Waals surface area contributed by atoms with Crippen molar-refractivity contribution in [2.24, 2.45) is 0 Å². The summed E-state index contributed by atoms with van der Waals surface area (Å²) in [6, 6.07) is 33.0. The summed E-state index contributed by atoms with van der Waals surface area (Å²) >= 11 is 4.65. The second-order valence-corrected chi connectivity index (χ2v) is 13.2. The highest BCUT2D eigenvalue weighted by Gasteiger charge is 2.15. The Bertz CT molecular complexity index is 1830. The summed E-state index contributed by atoms with van der Waals surface area (Å²) in [5, 5.41) is 18.0. The molecular weight excluding hydrogens is 834 g/mol. The van der Waals surface area contributed by atoms with E-state index in [1.807, 2.05) is 57.9 Å². The first-order chi connectivity index (χ1) is 23.6. The average molecular weight is 866 g/mol. The van der Waals surface area contributed by atoms with E-state index in [9.17, 15) is 0 Å². The Morgan fingerprint density at radius 1 is 0.479 bits per heavy atom. The molecule has 12 heteroatoms. The average Bonchev–Trinajstić information content (AvgIpc) is 3.66. The molecule has 2 aromatic heterocycles. The van der Waals surface area contributed by atoms with Gasteiger partial charge >= 0.3 is 0 Å². The van der Waals surface area contributed by atoms with Crippen LogP contribution in [0.5, 0.6) is 11.5 Å². The molecule has 244 valence electrons. The van der Waals surface area contributed by atoms with Crippen molar-refractivity contribution in [1.82, 2.24) is 30.0 Å². The lowest BCUT2D eigenvalue weighted by atomic mass is 10.0. The second-order valence-electron chi connectivity index (χ2n) is 11.1. The maximum atomic E-state index is 5.86. The lowest BCUT2D eigenvalue weighted by molar-refractivity contribution is 0.0273. The number of halogens is 2. The van der Waals surface area contributed by atoms with Crippen LogP contribution in [0.2, 0.25) is 0 Å². The van der Waals surface area contributed by atoms with Gasteiger partial charge in [0.15, 0.2) is 0 Å². The van der Waals surface area contributed by atoms with E-state index in [1.54, 1.807) is 0 Å². The number of hydrogen-bond donors (Lipinski definition) is 0. The van der Waals surface area contributed by atoms with E-state index < -0.39 is 0 Å². The summed E-state index contributed by atoms with van der Waals surface area (Å²) in [6.07, 6.45) is 0. The molecule has 0 saturated carbocycles. The molecule has 10 rings (SSSR count). The highest BCUT2D eigenvalue weighted by Crippen LogP contribution is 2.28. The highest BCUT2D eigenvalue weighted by molar-refractivity contribution is 14.1. The fourth-order valence-corrected chi connectivity index (χ4v) is 6.75. The molecule has 0 atom stereocenters. The lowest BCUT2D eigenvalue weighted by Crippen LogP contribution is -2.13. The summed E-state index contributed by atoms with van der Waals surface area (Å²) in [5.41, 5.74) is 8.21. The van der Waals surface area contributed by atoms with Gasteiger partial charge in [0.25, 0.3) is 0 Å². The van der Waals surface area contributed by atoms with Crippen molar-refractivity contribution in [3.63, 3.8) is 0 Å². The molecule has 0 aliphatic carbocycles. The van der Waals surface area contributed by atoms with Crippen molar-refractivity contribution >= 4 is 45.2 Å². The van der Waals surface area contributed by atoms with Crippen LogP contribution in [0.4, 0.5) is 0 Å². The lowest BCUT2D eigenvalue weighted by Gasteiger charge is -2.10. The van der Waals surface area contributed by atoms with Gasteiger partial charge < -0.3 is 18.9 Å². The summed E-state index contributed by atoms with van der Waals surface area (Å²) in [5.74, 6) is 1.55. The van der Waals surface area contributed by atoms with Crippen molar-refractivity contribution in [3.05, 3.63) is 116 Å². The van der Waals surface area contributed by atoms with Crippen molar-refractivity contribution in [2.75, 3.05) is 39.6 Å². The third-order valence-electron chi connectivity index (χ3n) is 7.82. The molecule has 48 heavy (non-hydrogen) atoms. The van der Waals surface area contributed by atoms with Crippen molar-refractivity contribution in [1.29, 1.82) is 0 Å². The Morgan fingerprint density at radius 2 is 0.896 bits per heavy atom. The minimum absolute atomic E-state index is 0.449. The first kappa shape index (κ1) is 32.7. The fourth-order valence-electron chi connectivity index (χ4n) is 5.38. The van der Waals surface area contributed by atoms with Crippen LogP contribution < -0.4 is 9.47 Å². The number of hydrogen-bond acceptors (Lipinski definition) is 8. The van der Waals surface area contributed by atoms with Gasteiger partial charge in [0, 0.05) is 11.1 Å². The van der Waals surface area contributed by atoms with Crippen molar-refractivity contribution in [2.45, 2.75) is 13.1 Å². The first-order valence-corrected chi connectivity index (χ1v) is 17.7. The van der Waals surface area contributed by atoms with E-state index in [0.717, 1.165) is 63.7 Å². The first-order valence-electron chi connectivity index (χ1n) is 15.6. The monoisotopic (exact) mass is 866 g/mol. The topological polar surface area (TPSA) is 98.3 Å². The Morgan fingerprint density at radius 3 is 1.33 bits per heavy atom. The normalized spacial score (nSPS) is 14.4. The maximum Gasteiger partial charge on any atom is 0.127 e. The number of nitrogens with zero attached hydrogens (tertiary/aromatic N) is 6. The molecule has 6 heterocycles. The largest absolute Gasteiger partial charge is 0.491 e. The van der Waals surface area contributed by atoms with Crippen LogP contribution in [0.25, 0.3) is 33.6 Å². The van der Waals surface area contributed by atoms with E-state index in [0.29, 0.717) is 52.7 Å². The maximum absolute atomic E-state index is 5.86. The zero-order chi connectivity index (χ0) is 32.7. The van der Waals surface area contributed by atoms with Crippen molar-refractivity contribution < 1.29 is 18.9 Å². The standard InChI is InChI=1S/C36H32I2N6O4/c37-35-33-27-7-11-31(12-8-27)47-19-17-45-15-16-46-18-20-48-32-13-9-28(10-14-32)34-36(38)44(42-40-34)24-26-4-2-6-30(22-26)29-5-1-3-25(21-29)23-43(35)41-39-33/h1-14,21-22H,15-20,23-24H2. The van der Waals surface area contributed by atoms with E-state index in [-0.39, 0.29) is 0 Å². The van der Waals surface area contributed by atoms with Gasteiger partial charge in [-0.2, -0.15) is 0 Å². The molecule has 6 aromatic rings. The molecule has 10 nitrogen and oxygen atoms in total. The van der Waals surface area contributed by atoms with E-state index >= 15 is 0 Å². The minimum Gasteiger partial charge on any atom is -0.491 e. The van der Waals surface area contributed by atoms with Crippen molar-refractivity contribution in [3.8, 4) is 45.1 Å². The second kappa shape index (κ2) is 15.6. The van der Waals surface area contributed by atoms with Gasteiger partial charge in [0.2, 0.25) is 0 Å². The molecule has 0 amide bonds. The molecule has 0 saturated heterocycles. The SMILES string of the molecule is Ic1c2nnn1Cc1cccc(c1)-c1cccc(c1)Cn1nnc(c1I)-c1ccc(cc1)OCCOCCOCCOc1ccc-2cc1. The minimum atomic E-state index is 0.449. The van der Waals surface area contributed by atoms with Crippen LogP contribution in [0.1, 0.15) is 11.1 Å². The van der Waals surface area contributed by atoms with Gasteiger partial charge in [0.1, 0.15) is 43.5 Å². The van der Waals surface area contributed by atoms with Crippen LogP contribution in [0.3, 0.4) is 0 Å². The van der Waals surface area contributed by atoms with Gasteiger partial charge in [-0.15, -0.1) is 10.2 Å². The van der Waals surface area contributed by atoms with Crippen LogP contribution in [-0.4, -0.2) is 69.6 Å². The Labute approximate surface area is 305 Å². The predicted molar refractivity (Wildman–Crippen MR) is 199 cm³/mol. The van der Waals surface area contributed by atoms with Crippen LogP contribution in [0, 0.1) is 7.40 Å². The van der Waals surface area contributed by atoms with Gasteiger partial charge in [-0.25, -0.2) is 9.36 Å². The molecular formula is C36H32I2N6O4. The fraction of sp³-hybridized carbons (Fsp3) is 0.222. The van der Waals surface area contributed by atoms with Gasteiger partial charge in [-0.1, -0.05) is 46.8 Å². The Balaban J connectivity index is 1.13. The van der Waals surface area contributed by atoms with Gasteiger partial charge in [0.05, 0.1) is 39.5 Å². The Kier molecular flexibility index (Phi) is 10.6. The molecule has 0 fully saturated rings. The van der Waals surface area contributed by atoms with Gasteiger partial charge in [-0.3, -0.25) is 0 Å². The molecule has 0 radical (unpaired) electrons. The van der Waals surface area contributed by atoms with Crippen LogP contribution >= 0.6 is 45.2 Å².